The summed E-state index contributed by atoms with van der Waals surface area (Å²) < 4.78 is 0. The minimum absolute atomic E-state index is 0. The largest absolute Gasteiger partial charge is 0.357 e. The first-order valence-electron chi connectivity index (χ1n) is 9.33. The zero-order valence-electron chi connectivity index (χ0n) is 16.2. The highest BCUT2D eigenvalue weighted by atomic mass is 127. The maximum atomic E-state index is 11.4. The average Bonchev–Trinajstić information content (AvgIpc) is 2.64. The molecular weight excluding hydrogens is 477 g/mol. The smallest absolute Gasteiger partial charge is 0.219 e. The minimum atomic E-state index is 0. The molecule has 2 rings (SSSR count). The number of piperazine rings is 1. The SMILES string of the molecule is CCNC(=NCCN1CCN(C(C)=O)CC1)NCCc1ccc(Cl)cc1.I. The third-order valence-electron chi connectivity index (χ3n) is 4.47. The van der Waals surface area contributed by atoms with Crippen LogP contribution in [0.3, 0.4) is 0 Å². The Morgan fingerprint density at radius 3 is 2.41 bits per heavy atom. The van der Waals surface area contributed by atoms with Crippen molar-refractivity contribution in [3.8, 4) is 0 Å². The molecule has 1 aromatic rings. The summed E-state index contributed by atoms with van der Waals surface area (Å²) in [7, 11) is 0. The lowest BCUT2D eigenvalue weighted by Gasteiger charge is -2.33. The van der Waals surface area contributed by atoms with Crippen molar-refractivity contribution in [2.45, 2.75) is 20.3 Å². The summed E-state index contributed by atoms with van der Waals surface area (Å²) in [6.07, 6.45) is 0.925. The maximum Gasteiger partial charge on any atom is 0.219 e. The highest BCUT2D eigenvalue weighted by molar-refractivity contribution is 14.0. The molecule has 2 N–H and O–H groups in total. The van der Waals surface area contributed by atoms with E-state index < -0.39 is 0 Å². The molecule has 0 aliphatic carbocycles. The molecule has 0 radical (unpaired) electrons. The summed E-state index contributed by atoms with van der Waals surface area (Å²) in [5.74, 6) is 1.02. The second kappa shape index (κ2) is 13.2. The maximum absolute atomic E-state index is 11.4. The molecule has 6 nitrogen and oxygen atoms in total. The topological polar surface area (TPSA) is 60.0 Å². The van der Waals surface area contributed by atoms with E-state index >= 15 is 0 Å². The van der Waals surface area contributed by atoms with Gasteiger partial charge < -0.3 is 15.5 Å². The predicted molar refractivity (Wildman–Crippen MR) is 123 cm³/mol. The van der Waals surface area contributed by atoms with Crippen LogP contribution in [0.15, 0.2) is 29.3 Å². The molecule has 1 aliphatic rings. The van der Waals surface area contributed by atoms with Crippen LogP contribution in [0.2, 0.25) is 5.02 Å². The van der Waals surface area contributed by atoms with E-state index in [2.05, 4.69) is 39.6 Å². The van der Waals surface area contributed by atoms with Crippen molar-refractivity contribution in [1.29, 1.82) is 0 Å². The zero-order chi connectivity index (χ0) is 18.8. The highest BCUT2D eigenvalue weighted by Crippen LogP contribution is 2.09. The van der Waals surface area contributed by atoms with Crippen molar-refractivity contribution in [3.05, 3.63) is 34.9 Å². The van der Waals surface area contributed by atoms with E-state index in [0.29, 0.717) is 0 Å². The molecule has 0 spiro atoms. The van der Waals surface area contributed by atoms with Gasteiger partial charge >= 0.3 is 0 Å². The molecule has 0 aromatic heterocycles. The predicted octanol–water partition coefficient (Wildman–Crippen LogP) is 2.22. The van der Waals surface area contributed by atoms with Crippen LogP contribution in [-0.2, 0) is 11.2 Å². The second-order valence-electron chi connectivity index (χ2n) is 6.41. The number of nitrogens with zero attached hydrogens (tertiary/aromatic N) is 3. The third-order valence-corrected chi connectivity index (χ3v) is 4.72. The van der Waals surface area contributed by atoms with E-state index in [1.165, 1.54) is 5.56 Å². The van der Waals surface area contributed by atoms with Gasteiger partial charge in [-0.05, 0) is 31.0 Å². The molecule has 8 heteroatoms. The Labute approximate surface area is 184 Å². The van der Waals surface area contributed by atoms with Gasteiger partial charge in [0.25, 0.3) is 0 Å². The van der Waals surface area contributed by atoms with Crippen molar-refractivity contribution in [2.24, 2.45) is 4.99 Å². The molecule has 1 aromatic carbocycles. The van der Waals surface area contributed by atoms with E-state index in [1.807, 2.05) is 17.0 Å². The van der Waals surface area contributed by atoms with Gasteiger partial charge in [0.05, 0.1) is 6.54 Å². The van der Waals surface area contributed by atoms with E-state index in [1.54, 1.807) is 6.92 Å². The number of nitrogens with one attached hydrogen (secondary N) is 2. The molecule has 1 amide bonds. The summed E-state index contributed by atoms with van der Waals surface area (Å²) in [6.45, 7) is 10.5. The fourth-order valence-corrected chi connectivity index (χ4v) is 3.03. The Kier molecular flexibility index (Phi) is 11.7. The quantitative estimate of drug-likeness (QED) is 0.338. The van der Waals surface area contributed by atoms with Crippen LogP contribution in [-0.4, -0.2) is 74.0 Å². The lowest BCUT2D eigenvalue weighted by molar-refractivity contribution is -0.130. The van der Waals surface area contributed by atoms with Crippen molar-refractivity contribution in [2.75, 3.05) is 52.4 Å². The minimum Gasteiger partial charge on any atom is -0.357 e. The van der Waals surface area contributed by atoms with Gasteiger partial charge in [-0.15, -0.1) is 24.0 Å². The molecule has 1 saturated heterocycles. The second-order valence-corrected chi connectivity index (χ2v) is 6.85. The lowest BCUT2D eigenvalue weighted by Crippen LogP contribution is -2.48. The third kappa shape index (κ3) is 9.12. The van der Waals surface area contributed by atoms with E-state index in [-0.39, 0.29) is 29.9 Å². The molecule has 27 heavy (non-hydrogen) atoms. The Hall–Kier alpha value is -1.06. The normalized spacial score (nSPS) is 15.2. The first kappa shape index (κ1) is 24.0. The monoisotopic (exact) mass is 507 g/mol. The molecule has 0 unspecified atom stereocenters. The molecule has 0 saturated carbocycles. The van der Waals surface area contributed by atoms with Gasteiger partial charge in [-0.2, -0.15) is 0 Å². The van der Waals surface area contributed by atoms with Gasteiger partial charge in [-0.1, -0.05) is 23.7 Å². The first-order chi connectivity index (χ1) is 12.6. The number of aliphatic imine (C=N–C) groups is 1. The lowest BCUT2D eigenvalue weighted by atomic mass is 10.1. The van der Waals surface area contributed by atoms with Crippen molar-refractivity contribution in [1.82, 2.24) is 20.4 Å². The number of carbonyl (C=O) groups excluding carboxylic acids is 1. The van der Waals surface area contributed by atoms with Crippen LogP contribution >= 0.6 is 35.6 Å². The van der Waals surface area contributed by atoms with Crippen molar-refractivity contribution in [3.63, 3.8) is 0 Å². The Bertz CT molecular complexity index is 588. The number of amides is 1. The summed E-state index contributed by atoms with van der Waals surface area (Å²) >= 11 is 5.91. The number of hydrogen-bond acceptors (Lipinski definition) is 3. The molecular formula is C19H31ClIN5O. The van der Waals surface area contributed by atoms with Crippen LogP contribution in [0.4, 0.5) is 0 Å². The number of carbonyl (C=O) groups is 1. The van der Waals surface area contributed by atoms with Gasteiger partial charge in [0, 0.05) is 57.8 Å². The molecule has 1 heterocycles. The fourth-order valence-electron chi connectivity index (χ4n) is 2.91. The van der Waals surface area contributed by atoms with E-state index in [9.17, 15) is 4.79 Å². The first-order valence-corrected chi connectivity index (χ1v) is 9.70. The fraction of sp³-hybridized carbons (Fsp3) is 0.579. The highest BCUT2D eigenvalue weighted by Gasteiger charge is 2.17. The van der Waals surface area contributed by atoms with Gasteiger partial charge in [0.2, 0.25) is 5.91 Å². The molecule has 0 bridgehead atoms. The number of halogens is 2. The van der Waals surface area contributed by atoms with E-state index in [4.69, 9.17) is 11.6 Å². The molecule has 1 aliphatic heterocycles. The van der Waals surface area contributed by atoms with Gasteiger partial charge in [-0.3, -0.25) is 14.7 Å². The molecule has 0 atom stereocenters. The Balaban J connectivity index is 0.00000364. The van der Waals surface area contributed by atoms with Crippen LogP contribution < -0.4 is 10.6 Å². The van der Waals surface area contributed by atoms with Crippen molar-refractivity contribution >= 4 is 47.4 Å². The van der Waals surface area contributed by atoms with Gasteiger partial charge in [0.15, 0.2) is 5.96 Å². The molecule has 1 fully saturated rings. The van der Waals surface area contributed by atoms with Crippen LogP contribution in [0.25, 0.3) is 0 Å². The standard InChI is InChI=1S/C19H30ClN5O.HI/c1-3-21-19(22-9-8-17-4-6-18(20)7-5-17)23-10-11-24-12-14-25(15-13-24)16(2)26;/h4-7H,3,8-15H2,1-2H3,(H2,21,22,23);1H. The summed E-state index contributed by atoms with van der Waals surface area (Å²) in [5.41, 5.74) is 1.25. The van der Waals surface area contributed by atoms with Crippen molar-refractivity contribution < 1.29 is 4.79 Å². The Morgan fingerprint density at radius 1 is 1.15 bits per heavy atom. The number of benzene rings is 1. The molecule has 152 valence electrons. The summed E-state index contributed by atoms with van der Waals surface area (Å²) in [6, 6.07) is 7.94. The van der Waals surface area contributed by atoms with Gasteiger partial charge in [-0.25, -0.2) is 0 Å². The van der Waals surface area contributed by atoms with Crippen LogP contribution in [0.5, 0.6) is 0 Å². The number of guanidine groups is 1. The van der Waals surface area contributed by atoms with Gasteiger partial charge in [0.1, 0.15) is 0 Å². The van der Waals surface area contributed by atoms with E-state index in [0.717, 1.165) is 69.8 Å². The van der Waals surface area contributed by atoms with Crippen LogP contribution in [0.1, 0.15) is 19.4 Å². The number of hydrogen-bond donors (Lipinski definition) is 2. The number of rotatable bonds is 7. The summed E-state index contributed by atoms with van der Waals surface area (Å²) in [4.78, 5) is 20.3. The van der Waals surface area contributed by atoms with Crippen LogP contribution in [0, 0.1) is 0 Å². The zero-order valence-corrected chi connectivity index (χ0v) is 19.3. The summed E-state index contributed by atoms with van der Waals surface area (Å²) in [5, 5.41) is 7.43. The average molecular weight is 508 g/mol. The Morgan fingerprint density at radius 2 is 1.81 bits per heavy atom.